The molecule has 18 heavy (non-hydrogen) atoms. The summed E-state index contributed by atoms with van der Waals surface area (Å²) in [4.78, 5) is 5.28. The average molecular weight is 262 g/mol. The van der Waals surface area contributed by atoms with Gasteiger partial charge in [0.2, 0.25) is 0 Å². The van der Waals surface area contributed by atoms with Crippen LogP contribution in [0.1, 0.15) is 16.8 Å². The second-order valence-corrected chi connectivity index (χ2v) is 5.43. The number of hydrogen-bond acceptors (Lipinski definition) is 3. The largest absolute Gasteiger partial charge is 0.398 e. The lowest BCUT2D eigenvalue weighted by Gasteiger charge is -2.08. The molecule has 0 aliphatic rings. The Hall–Kier alpha value is -1.55. The van der Waals surface area contributed by atoms with E-state index in [1.54, 1.807) is 13.0 Å². The maximum absolute atomic E-state index is 13.3. The van der Waals surface area contributed by atoms with Gasteiger partial charge in [0.15, 0.2) is 0 Å². The number of nitrogens with zero attached hydrogens (tertiary/aromatic N) is 1. The zero-order valence-electron chi connectivity index (χ0n) is 10.6. The van der Waals surface area contributed by atoms with Crippen LogP contribution in [0.15, 0.2) is 34.2 Å². The van der Waals surface area contributed by atoms with E-state index < -0.39 is 0 Å². The SMILES string of the molecule is Cc1cc(C)nc(Sc2cc(C)c(F)cc2N)c1. The number of nitrogens with two attached hydrogens (primary N) is 1. The number of anilines is 1. The number of aromatic nitrogens is 1. The average Bonchev–Trinajstić information content (AvgIpc) is 2.24. The number of aryl methyl sites for hydroxylation is 3. The first-order valence-corrected chi connectivity index (χ1v) is 6.46. The fraction of sp³-hybridized carbons (Fsp3) is 0.214. The lowest BCUT2D eigenvalue weighted by atomic mass is 10.2. The van der Waals surface area contributed by atoms with E-state index in [9.17, 15) is 4.39 Å². The van der Waals surface area contributed by atoms with Gasteiger partial charge in [0.1, 0.15) is 10.8 Å². The third-order valence-electron chi connectivity index (χ3n) is 2.58. The van der Waals surface area contributed by atoms with Crippen molar-refractivity contribution in [2.75, 3.05) is 5.73 Å². The lowest BCUT2D eigenvalue weighted by molar-refractivity contribution is 0.618. The summed E-state index contributed by atoms with van der Waals surface area (Å²) in [5, 5.41) is 0.880. The molecule has 2 aromatic rings. The lowest BCUT2D eigenvalue weighted by Crippen LogP contribution is -1.94. The van der Waals surface area contributed by atoms with Crippen LogP contribution in [0.4, 0.5) is 10.1 Å². The Bertz CT molecular complexity index is 576. The number of rotatable bonds is 2. The fourth-order valence-electron chi connectivity index (χ4n) is 1.73. The van der Waals surface area contributed by atoms with Gasteiger partial charge in [-0.1, -0.05) is 11.8 Å². The highest BCUT2D eigenvalue weighted by Crippen LogP contribution is 2.33. The van der Waals surface area contributed by atoms with Crippen LogP contribution in [-0.4, -0.2) is 4.98 Å². The Kier molecular flexibility index (Phi) is 3.57. The monoisotopic (exact) mass is 262 g/mol. The number of pyridine rings is 1. The van der Waals surface area contributed by atoms with Gasteiger partial charge in [0.05, 0.1) is 0 Å². The summed E-state index contributed by atoms with van der Waals surface area (Å²) in [5.74, 6) is -0.273. The predicted molar refractivity (Wildman–Crippen MR) is 73.4 cm³/mol. The molecule has 0 aliphatic heterocycles. The molecule has 4 heteroatoms. The molecule has 1 aromatic carbocycles. The summed E-state index contributed by atoms with van der Waals surface area (Å²) in [5.41, 5.74) is 8.99. The zero-order valence-corrected chi connectivity index (χ0v) is 11.4. The molecule has 1 aromatic heterocycles. The normalized spacial score (nSPS) is 10.7. The van der Waals surface area contributed by atoms with Crippen LogP contribution in [0.3, 0.4) is 0 Å². The summed E-state index contributed by atoms with van der Waals surface area (Å²) in [6.07, 6.45) is 0. The van der Waals surface area contributed by atoms with E-state index in [1.807, 2.05) is 26.0 Å². The fourth-order valence-corrected chi connectivity index (χ4v) is 2.80. The number of benzene rings is 1. The minimum atomic E-state index is -0.273. The third-order valence-corrected chi connectivity index (χ3v) is 3.57. The van der Waals surface area contributed by atoms with Gasteiger partial charge in [0.25, 0.3) is 0 Å². The highest BCUT2D eigenvalue weighted by atomic mass is 32.2. The van der Waals surface area contributed by atoms with E-state index in [2.05, 4.69) is 4.98 Å². The Morgan fingerprint density at radius 2 is 1.83 bits per heavy atom. The van der Waals surface area contributed by atoms with Gasteiger partial charge in [-0.05, 0) is 56.2 Å². The van der Waals surface area contributed by atoms with Crippen molar-refractivity contribution in [3.63, 3.8) is 0 Å². The Morgan fingerprint density at radius 3 is 2.50 bits per heavy atom. The van der Waals surface area contributed by atoms with Crippen molar-refractivity contribution in [3.8, 4) is 0 Å². The molecule has 0 radical (unpaired) electrons. The minimum absolute atomic E-state index is 0.273. The van der Waals surface area contributed by atoms with E-state index in [0.717, 1.165) is 21.2 Å². The van der Waals surface area contributed by atoms with Crippen molar-refractivity contribution in [1.29, 1.82) is 0 Å². The van der Waals surface area contributed by atoms with Gasteiger partial charge in [-0.3, -0.25) is 0 Å². The van der Waals surface area contributed by atoms with Crippen LogP contribution in [0.5, 0.6) is 0 Å². The Balaban J connectivity index is 2.36. The molecule has 0 amide bonds. The molecule has 2 nitrogen and oxygen atoms in total. The van der Waals surface area contributed by atoms with E-state index in [1.165, 1.54) is 17.8 Å². The Labute approximate surface area is 110 Å². The molecule has 0 atom stereocenters. The summed E-state index contributed by atoms with van der Waals surface area (Å²) in [7, 11) is 0. The molecule has 0 unspecified atom stereocenters. The molecule has 2 N–H and O–H groups in total. The molecule has 0 spiro atoms. The molecule has 1 heterocycles. The van der Waals surface area contributed by atoms with Crippen LogP contribution < -0.4 is 5.73 Å². The van der Waals surface area contributed by atoms with Crippen molar-refractivity contribution in [2.24, 2.45) is 0 Å². The topological polar surface area (TPSA) is 38.9 Å². The van der Waals surface area contributed by atoms with Crippen molar-refractivity contribution < 1.29 is 4.39 Å². The Morgan fingerprint density at radius 1 is 1.11 bits per heavy atom. The highest BCUT2D eigenvalue weighted by molar-refractivity contribution is 7.99. The standard InChI is InChI=1S/C14H15FN2S/c1-8-4-10(3)17-14(5-8)18-13-6-9(2)11(15)7-12(13)16/h4-7H,16H2,1-3H3. The summed E-state index contributed by atoms with van der Waals surface area (Å²) < 4.78 is 13.3. The molecular weight excluding hydrogens is 247 g/mol. The van der Waals surface area contributed by atoms with Gasteiger partial charge < -0.3 is 5.73 Å². The molecule has 0 fully saturated rings. The third kappa shape index (κ3) is 2.82. The van der Waals surface area contributed by atoms with Crippen LogP contribution >= 0.6 is 11.8 Å². The molecule has 0 bridgehead atoms. The van der Waals surface area contributed by atoms with E-state index in [-0.39, 0.29) is 5.82 Å². The van der Waals surface area contributed by atoms with Gasteiger partial charge in [-0.15, -0.1) is 0 Å². The van der Waals surface area contributed by atoms with Gasteiger partial charge in [0, 0.05) is 16.3 Å². The molecule has 2 rings (SSSR count). The van der Waals surface area contributed by atoms with Gasteiger partial charge >= 0.3 is 0 Å². The summed E-state index contributed by atoms with van der Waals surface area (Å²) in [6.45, 7) is 5.71. The van der Waals surface area contributed by atoms with Crippen molar-refractivity contribution in [2.45, 2.75) is 30.7 Å². The summed E-state index contributed by atoms with van der Waals surface area (Å²) >= 11 is 1.46. The second kappa shape index (κ2) is 4.98. The minimum Gasteiger partial charge on any atom is -0.398 e. The first kappa shape index (κ1) is 12.9. The van der Waals surface area contributed by atoms with Gasteiger partial charge in [-0.25, -0.2) is 9.37 Å². The van der Waals surface area contributed by atoms with Gasteiger partial charge in [-0.2, -0.15) is 0 Å². The first-order valence-electron chi connectivity index (χ1n) is 5.64. The highest BCUT2D eigenvalue weighted by Gasteiger charge is 2.08. The van der Waals surface area contributed by atoms with Crippen molar-refractivity contribution >= 4 is 17.4 Å². The van der Waals surface area contributed by atoms with Crippen LogP contribution in [0, 0.1) is 26.6 Å². The van der Waals surface area contributed by atoms with Crippen molar-refractivity contribution in [1.82, 2.24) is 4.98 Å². The van der Waals surface area contributed by atoms with E-state index >= 15 is 0 Å². The molecule has 0 saturated heterocycles. The van der Waals surface area contributed by atoms with E-state index in [4.69, 9.17) is 5.73 Å². The van der Waals surface area contributed by atoms with Crippen LogP contribution in [0.25, 0.3) is 0 Å². The molecular formula is C14H15FN2S. The zero-order chi connectivity index (χ0) is 13.3. The maximum atomic E-state index is 13.3. The van der Waals surface area contributed by atoms with Crippen LogP contribution in [0.2, 0.25) is 0 Å². The number of halogens is 1. The maximum Gasteiger partial charge on any atom is 0.128 e. The molecule has 94 valence electrons. The van der Waals surface area contributed by atoms with Crippen molar-refractivity contribution in [3.05, 3.63) is 46.9 Å². The predicted octanol–water partition coefficient (Wildman–Crippen LogP) is 3.88. The number of nitrogen functional groups attached to an aromatic ring is 1. The van der Waals surface area contributed by atoms with E-state index in [0.29, 0.717) is 11.3 Å². The quantitative estimate of drug-likeness (QED) is 0.835. The first-order chi connectivity index (χ1) is 8.45. The second-order valence-electron chi connectivity index (χ2n) is 4.37. The molecule has 0 saturated carbocycles. The summed E-state index contributed by atoms with van der Waals surface area (Å²) in [6, 6.07) is 7.13. The molecule has 0 aliphatic carbocycles. The smallest absolute Gasteiger partial charge is 0.128 e. The number of hydrogen-bond donors (Lipinski definition) is 1. The van der Waals surface area contributed by atoms with Crippen LogP contribution in [-0.2, 0) is 0 Å².